The molecule has 2 aromatic rings. The molecule has 0 spiro atoms. The van der Waals surface area contributed by atoms with Gasteiger partial charge in [0.1, 0.15) is 6.04 Å². The molecule has 2 unspecified atom stereocenters. The van der Waals surface area contributed by atoms with E-state index in [1.165, 1.54) is 6.33 Å². The summed E-state index contributed by atoms with van der Waals surface area (Å²) in [4.78, 5) is 50.5. The molecule has 1 saturated carbocycles. The SMILES string of the molecule is CCCS(=O)(=O)NC[C@H](O)C[C@H](O)[C@H](CC1CCCCC1)NC(=O)C(Cc1cnc[nH]1)NC(=O)C(CC(=O)N1CCC(N)CC1)Cc1ccccc1. The van der Waals surface area contributed by atoms with Gasteiger partial charge in [-0.2, -0.15) is 0 Å². The van der Waals surface area contributed by atoms with E-state index < -0.39 is 52.0 Å². The lowest BCUT2D eigenvalue weighted by Crippen LogP contribution is -2.55. The lowest BCUT2D eigenvalue weighted by Gasteiger charge is -2.33. The zero-order valence-electron chi connectivity index (χ0n) is 30.4. The standard InChI is InChI=1S/C37H59N7O7S/c1-2-17-52(50,51)41-24-31(45)22-34(46)32(19-27-11-7-4-8-12-27)42-37(49)33(21-30-23-39-25-40-30)43-36(48)28(18-26-9-5-3-6-10-26)20-35(47)44-15-13-29(38)14-16-44/h3,5-6,9-10,23,25,27-29,31-34,41,45-46H,2,4,7-8,11-22,24,38H2,1H3,(H,39,40)(H,42,49)(H,43,48)/t28?,31-,32+,33?,34+/m1/s1. The minimum atomic E-state index is -3.55. The number of sulfonamides is 1. The molecule has 1 aliphatic heterocycles. The molecule has 8 N–H and O–H groups in total. The van der Waals surface area contributed by atoms with Gasteiger partial charge in [-0.15, -0.1) is 0 Å². The Bertz CT molecular complexity index is 1480. The van der Waals surface area contributed by atoms with Crippen LogP contribution in [0.3, 0.4) is 0 Å². The maximum atomic E-state index is 14.1. The van der Waals surface area contributed by atoms with Crippen LogP contribution in [0.5, 0.6) is 0 Å². The quantitative estimate of drug-likeness (QED) is 0.104. The van der Waals surface area contributed by atoms with Gasteiger partial charge in [-0.1, -0.05) is 69.4 Å². The lowest BCUT2D eigenvalue weighted by molar-refractivity contribution is -0.138. The van der Waals surface area contributed by atoms with E-state index in [1.54, 1.807) is 18.0 Å². The number of piperidine rings is 1. The number of aliphatic hydroxyl groups excluding tert-OH is 2. The highest BCUT2D eigenvalue weighted by atomic mass is 32.2. The molecule has 0 radical (unpaired) electrons. The smallest absolute Gasteiger partial charge is 0.243 e. The minimum absolute atomic E-state index is 0.0305. The van der Waals surface area contributed by atoms with Crippen LogP contribution in [0.15, 0.2) is 42.9 Å². The van der Waals surface area contributed by atoms with Crippen LogP contribution in [0.2, 0.25) is 0 Å². The molecule has 1 aromatic carbocycles. The van der Waals surface area contributed by atoms with Gasteiger partial charge in [-0.3, -0.25) is 14.4 Å². The highest BCUT2D eigenvalue weighted by molar-refractivity contribution is 7.89. The van der Waals surface area contributed by atoms with Crippen molar-refractivity contribution in [3.05, 3.63) is 54.1 Å². The van der Waals surface area contributed by atoms with Gasteiger partial charge in [-0.25, -0.2) is 18.1 Å². The van der Waals surface area contributed by atoms with Gasteiger partial charge >= 0.3 is 0 Å². The van der Waals surface area contributed by atoms with Gasteiger partial charge in [0.05, 0.1) is 36.2 Å². The van der Waals surface area contributed by atoms with Crippen molar-refractivity contribution in [3.63, 3.8) is 0 Å². The fourth-order valence-corrected chi connectivity index (χ4v) is 8.36. The van der Waals surface area contributed by atoms with Gasteiger partial charge < -0.3 is 36.5 Å². The molecule has 2 heterocycles. The van der Waals surface area contributed by atoms with Gasteiger partial charge in [-0.05, 0) is 43.6 Å². The molecule has 15 heteroatoms. The van der Waals surface area contributed by atoms with Crippen molar-refractivity contribution in [1.82, 2.24) is 30.2 Å². The number of likely N-dealkylation sites (tertiary alicyclic amines) is 1. The number of hydrogen-bond donors (Lipinski definition) is 7. The summed E-state index contributed by atoms with van der Waals surface area (Å²) in [5, 5.41) is 28.0. The Labute approximate surface area is 308 Å². The van der Waals surface area contributed by atoms with Gasteiger partial charge in [0.15, 0.2) is 0 Å². The zero-order valence-corrected chi connectivity index (χ0v) is 31.2. The Morgan fingerprint density at radius 2 is 1.71 bits per heavy atom. The third kappa shape index (κ3) is 13.9. The molecule has 290 valence electrons. The molecule has 2 fully saturated rings. The first kappa shape index (κ1) is 41.4. The van der Waals surface area contributed by atoms with Crippen molar-refractivity contribution in [1.29, 1.82) is 0 Å². The van der Waals surface area contributed by atoms with Crippen molar-refractivity contribution >= 4 is 27.7 Å². The van der Waals surface area contributed by atoms with E-state index in [9.17, 15) is 33.0 Å². The molecule has 5 atom stereocenters. The topological polar surface area (TPSA) is 220 Å². The summed E-state index contributed by atoms with van der Waals surface area (Å²) in [6, 6.07) is 7.67. The Balaban J connectivity index is 1.51. The fraction of sp³-hybridized carbons (Fsp3) is 0.676. The number of amides is 3. The number of rotatable bonds is 20. The molecule has 1 saturated heterocycles. The Morgan fingerprint density at radius 1 is 1.00 bits per heavy atom. The average Bonchev–Trinajstić information content (AvgIpc) is 3.64. The minimum Gasteiger partial charge on any atom is -0.392 e. The molecule has 1 aliphatic carbocycles. The van der Waals surface area contributed by atoms with Crippen LogP contribution >= 0.6 is 0 Å². The Morgan fingerprint density at radius 3 is 2.37 bits per heavy atom. The molecule has 3 amide bonds. The van der Waals surface area contributed by atoms with Crippen molar-refractivity contribution in [2.75, 3.05) is 25.4 Å². The Kier molecular flexibility index (Phi) is 16.5. The number of nitrogens with one attached hydrogen (secondary N) is 4. The number of H-pyrrole nitrogens is 1. The van der Waals surface area contributed by atoms with Crippen molar-refractivity contribution in [2.24, 2.45) is 17.6 Å². The predicted molar refractivity (Wildman–Crippen MR) is 198 cm³/mol. The summed E-state index contributed by atoms with van der Waals surface area (Å²) < 4.78 is 26.7. The zero-order chi connectivity index (χ0) is 37.5. The number of aromatic amines is 1. The third-order valence-corrected chi connectivity index (χ3v) is 11.8. The first-order chi connectivity index (χ1) is 24.9. The number of imidazole rings is 1. The van der Waals surface area contributed by atoms with E-state index in [2.05, 4.69) is 25.3 Å². The predicted octanol–water partition coefficient (Wildman–Crippen LogP) is 1.53. The van der Waals surface area contributed by atoms with Crippen LogP contribution in [0.1, 0.15) is 88.8 Å². The summed E-state index contributed by atoms with van der Waals surface area (Å²) in [6.45, 7) is 2.56. The second-order valence-corrected chi connectivity index (χ2v) is 16.6. The van der Waals surface area contributed by atoms with Crippen LogP contribution in [0, 0.1) is 11.8 Å². The lowest BCUT2D eigenvalue weighted by atomic mass is 9.83. The van der Waals surface area contributed by atoms with E-state index in [0.29, 0.717) is 50.9 Å². The second kappa shape index (κ2) is 20.8. The summed E-state index contributed by atoms with van der Waals surface area (Å²) >= 11 is 0. The van der Waals surface area contributed by atoms with Crippen LogP contribution in [-0.2, 0) is 37.2 Å². The molecule has 2 aliphatic rings. The molecular weight excluding hydrogens is 687 g/mol. The maximum absolute atomic E-state index is 14.1. The number of carbonyl (C=O) groups excluding carboxylic acids is 3. The molecule has 52 heavy (non-hydrogen) atoms. The van der Waals surface area contributed by atoms with Crippen LogP contribution in [0.4, 0.5) is 0 Å². The third-order valence-electron chi connectivity index (χ3n) is 10.3. The number of aromatic nitrogens is 2. The molecule has 14 nitrogen and oxygen atoms in total. The van der Waals surface area contributed by atoms with Crippen molar-refractivity contribution in [3.8, 4) is 0 Å². The van der Waals surface area contributed by atoms with Gasteiger partial charge in [0, 0.05) is 56.8 Å². The van der Waals surface area contributed by atoms with Crippen molar-refractivity contribution < 1.29 is 33.0 Å². The first-order valence-corrected chi connectivity index (χ1v) is 20.6. The van der Waals surface area contributed by atoms with Crippen LogP contribution in [-0.4, -0.2) is 107 Å². The molecule has 0 bridgehead atoms. The number of benzene rings is 1. The summed E-state index contributed by atoms with van der Waals surface area (Å²) in [5.74, 6) is -1.67. The average molecular weight is 746 g/mol. The summed E-state index contributed by atoms with van der Waals surface area (Å²) in [6.07, 6.45) is 8.31. The van der Waals surface area contributed by atoms with Gasteiger partial charge in [0.25, 0.3) is 0 Å². The van der Waals surface area contributed by atoms with Crippen LogP contribution < -0.4 is 21.1 Å². The monoisotopic (exact) mass is 745 g/mol. The number of aliphatic hydroxyl groups is 2. The second-order valence-electron chi connectivity index (χ2n) is 14.6. The van der Waals surface area contributed by atoms with Gasteiger partial charge in [0.2, 0.25) is 27.7 Å². The van der Waals surface area contributed by atoms with Crippen LogP contribution in [0.25, 0.3) is 0 Å². The van der Waals surface area contributed by atoms with E-state index in [-0.39, 0.29) is 49.4 Å². The number of hydrogen-bond acceptors (Lipinski definition) is 9. The summed E-state index contributed by atoms with van der Waals surface area (Å²) in [7, 11) is -3.55. The van der Waals surface area contributed by atoms with E-state index in [0.717, 1.165) is 37.7 Å². The molecule has 4 rings (SSSR count). The summed E-state index contributed by atoms with van der Waals surface area (Å²) in [5.41, 5.74) is 7.55. The number of nitrogens with two attached hydrogens (primary N) is 1. The normalized spacial score (nSPS) is 19.0. The largest absolute Gasteiger partial charge is 0.392 e. The highest BCUT2D eigenvalue weighted by Gasteiger charge is 2.34. The maximum Gasteiger partial charge on any atom is 0.243 e. The Hall–Kier alpha value is -3.37. The van der Waals surface area contributed by atoms with E-state index in [1.807, 2.05) is 30.3 Å². The fourth-order valence-electron chi connectivity index (χ4n) is 7.23. The number of nitrogens with zero attached hydrogens (tertiary/aromatic N) is 2. The molecule has 1 aromatic heterocycles. The molecular formula is C37H59N7O7S. The van der Waals surface area contributed by atoms with Crippen molar-refractivity contribution in [2.45, 2.75) is 121 Å². The van der Waals surface area contributed by atoms with E-state index in [4.69, 9.17) is 5.73 Å². The highest BCUT2D eigenvalue weighted by Crippen LogP contribution is 2.29. The first-order valence-electron chi connectivity index (χ1n) is 18.9. The number of carbonyl (C=O) groups is 3. The van der Waals surface area contributed by atoms with E-state index >= 15 is 0 Å².